The molecule has 1 fully saturated rings. The summed E-state index contributed by atoms with van der Waals surface area (Å²) in [7, 11) is -4.12. The zero-order chi connectivity index (χ0) is 20.6. The van der Waals surface area contributed by atoms with E-state index in [1.165, 1.54) is 24.3 Å². The largest absolute Gasteiger partial charge is 0.459 e. The molecule has 1 aliphatic heterocycles. The topological polar surface area (TPSA) is 95.1 Å². The van der Waals surface area contributed by atoms with Crippen LogP contribution in [0, 0.1) is 17.2 Å². The van der Waals surface area contributed by atoms with Crippen LogP contribution >= 0.6 is 23.2 Å². The first-order valence-electron chi connectivity index (χ1n) is 8.69. The van der Waals surface area contributed by atoms with E-state index in [0.29, 0.717) is 12.3 Å². The molecular weight excluding hydrogens is 433 g/mol. The Kier molecular flexibility index (Phi) is 5.38. The average Bonchev–Trinajstić information content (AvgIpc) is 3.33. The van der Waals surface area contributed by atoms with Crippen molar-refractivity contribution in [2.45, 2.75) is 10.9 Å². The van der Waals surface area contributed by atoms with Crippen molar-refractivity contribution in [1.82, 2.24) is 10.9 Å². The number of nitrogens with zero attached hydrogens (tertiary/aromatic N) is 1. The Balaban J connectivity index is 1.72. The first-order valence-corrected chi connectivity index (χ1v) is 10.9. The SMILES string of the molecule is N#C/C(=C\C1CNNC1c1cc2ccccc2o1)S(=O)(=O)c1cc(Cl)ccc1Cl. The van der Waals surface area contributed by atoms with E-state index in [0.717, 1.165) is 11.0 Å². The number of furan rings is 1. The predicted molar refractivity (Wildman–Crippen MR) is 111 cm³/mol. The second kappa shape index (κ2) is 7.82. The van der Waals surface area contributed by atoms with E-state index in [1.807, 2.05) is 30.3 Å². The third-order valence-electron chi connectivity index (χ3n) is 4.72. The van der Waals surface area contributed by atoms with Crippen molar-refractivity contribution in [1.29, 1.82) is 5.26 Å². The highest BCUT2D eigenvalue weighted by Crippen LogP contribution is 2.34. The van der Waals surface area contributed by atoms with Gasteiger partial charge in [-0.15, -0.1) is 0 Å². The maximum atomic E-state index is 13.0. The van der Waals surface area contributed by atoms with Crippen LogP contribution in [-0.2, 0) is 9.84 Å². The number of hydrogen-bond acceptors (Lipinski definition) is 6. The highest BCUT2D eigenvalue weighted by Gasteiger charge is 2.33. The second-order valence-electron chi connectivity index (χ2n) is 6.57. The van der Waals surface area contributed by atoms with Gasteiger partial charge in [-0.2, -0.15) is 5.26 Å². The number of sulfone groups is 1. The molecule has 2 unspecified atom stereocenters. The minimum atomic E-state index is -4.12. The van der Waals surface area contributed by atoms with Crippen molar-refractivity contribution in [3.05, 3.63) is 75.3 Å². The molecule has 4 rings (SSSR count). The summed E-state index contributed by atoms with van der Waals surface area (Å²) in [6.07, 6.45) is 1.43. The molecule has 29 heavy (non-hydrogen) atoms. The maximum Gasteiger partial charge on any atom is 0.217 e. The first kappa shape index (κ1) is 20.0. The maximum absolute atomic E-state index is 13.0. The number of hydrogen-bond donors (Lipinski definition) is 2. The lowest BCUT2D eigenvalue weighted by molar-refractivity contribution is 0.425. The molecule has 3 aromatic rings. The molecule has 6 nitrogen and oxygen atoms in total. The molecule has 0 amide bonds. The van der Waals surface area contributed by atoms with Crippen LogP contribution in [0.3, 0.4) is 0 Å². The molecule has 0 radical (unpaired) electrons. The monoisotopic (exact) mass is 447 g/mol. The molecule has 2 atom stereocenters. The average molecular weight is 448 g/mol. The summed E-state index contributed by atoms with van der Waals surface area (Å²) >= 11 is 12.0. The third kappa shape index (κ3) is 3.78. The van der Waals surface area contributed by atoms with Crippen LogP contribution in [-0.4, -0.2) is 15.0 Å². The number of hydrazine groups is 1. The van der Waals surface area contributed by atoms with E-state index in [9.17, 15) is 13.7 Å². The van der Waals surface area contributed by atoms with E-state index >= 15 is 0 Å². The molecule has 1 aromatic heterocycles. The first-order chi connectivity index (χ1) is 13.9. The van der Waals surface area contributed by atoms with E-state index in [-0.39, 0.29) is 26.9 Å². The van der Waals surface area contributed by atoms with Crippen LogP contribution in [0.4, 0.5) is 0 Å². The fourth-order valence-corrected chi connectivity index (χ4v) is 5.26. The summed E-state index contributed by atoms with van der Waals surface area (Å²) in [4.78, 5) is -0.586. The molecule has 0 bridgehead atoms. The van der Waals surface area contributed by atoms with Gasteiger partial charge in [-0.05, 0) is 36.4 Å². The second-order valence-corrected chi connectivity index (χ2v) is 9.30. The summed E-state index contributed by atoms with van der Waals surface area (Å²) in [6, 6.07) is 15.1. The van der Waals surface area contributed by atoms with Crippen LogP contribution < -0.4 is 10.9 Å². The zero-order valence-corrected chi connectivity index (χ0v) is 17.2. The lowest BCUT2D eigenvalue weighted by Crippen LogP contribution is -2.24. The molecule has 2 heterocycles. The summed E-state index contributed by atoms with van der Waals surface area (Å²) in [5.74, 6) is 0.311. The Morgan fingerprint density at radius 1 is 1.21 bits per heavy atom. The molecule has 148 valence electrons. The van der Waals surface area contributed by atoms with Crippen LogP contribution in [0.5, 0.6) is 0 Å². The minimum absolute atomic E-state index is 0.00653. The van der Waals surface area contributed by atoms with Crippen molar-refractivity contribution in [3.63, 3.8) is 0 Å². The van der Waals surface area contributed by atoms with Crippen molar-refractivity contribution >= 4 is 44.0 Å². The summed E-state index contributed by atoms with van der Waals surface area (Å²) < 4.78 is 31.9. The van der Waals surface area contributed by atoms with Gasteiger partial charge in [0.05, 0.1) is 16.0 Å². The summed E-state index contributed by atoms with van der Waals surface area (Å²) in [6.45, 7) is 0.422. The van der Waals surface area contributed by atoms with Gasteiger partial charge in [0.15, 0.2) is 0 Å². The lowest BCUT2D eigenvalue weighted by Gasteiger charge is -2.13. The van der Waals surface area contributed by atoms with Gasteiger partial charge in [-0.3, -0.25) is 5.43 Å². The smallest absolute Gasteiger partial charge is 0.217 e. The summed E-state index contributed by atoms with van der Waals surface area (Å²) in [5, 5.41) is 10.7. The van der Waals surface area contributed by atoms with E-state index in [1.54, 1.807) is 6.07 Å². The van der Waals surface area contributed by atoms with Crippen molar-refractivity contribution in [3.8, 4) is 6.07 Å². The Morgan fingerprint density at radius 2 is 2.00 bits per heavy atom. The molecule has 2 aromatic carbocycles. The zero-order valence-electron chi connectivity index (χ0n) is 14.9. The van der Waals surface area contributed by atoms with Gasteiger partial charge in [0, 0.05) is 22.9 Å². The number of halogens is 2. The van der Waals surface area contributed by atoms with Gasteiger partial charge in [-0.25, -0.2) is 13.8 Å². The Bertz CT molecular complexity index is 1230. The van der Waals surface area contributed by atoms with Crippen molar-refractivity contribution in [2.24, 2.45) is 5.92 Å². The Morgan fingerprint density at radius 3 is 2.76 bits per heavy atom. The fraction of sp³-hybridized carbons (Fsp3) is 0.150. The molecule has 1 saturated heterocycles. The summed E-state index contributed by atoms with van der Waals surface area (Å²) in [5.41, 5.74) is 6.82. The van der Waals surface area contributed by atoms with Crippen molar-refractivity contribution < 1.29 is 12.8 Å². The number of benzene rings is 2. The number of rotatable bonds is 4. The molecule has 0 saturated carbocycles. The molecular formula is C20H15Cl2N3O3S. The van der Waals surface area contributed by atoms with Gasteiger partial charge in [0.1, 0.15) is 22.3 Å². The van der Waals surface area contributed by atoms with Crippen LogP contribution in [0.25, 0.3) is 11.0 Å². The molecule has 0 spiro atoms. The number of nitrogens with one attached hydrogen (secondary N) is 2. The highest BCUT2D eigenvalue weighted by atomic mass is 35.5. The molecule has 2 N–H and O–H groups in total. The number of nitriles is 1. The molecule has 0 aliphatic carbocycles. The lowest BCUT2D eigenvalue weighted by atomic mass is 9.99. The predicted octanol–water partition coefficient (Wildman–Crippen LogP) is 4.39. The van der Waals surface area contributed by atoms with E-state index in [2.05, 4.69) is 10.9 Å². The van der Waals surface area contributed by atoms with Gasteiger partial charge < -0.3 is 4.42 Å². The third-order valence-corrected chi connectivity index (χ3v) is 7.12. The number of fused-ring (bicyclic) bond motifs is 1. The molecule has 9 heteroatoms. The quantitative estimate of drug-likeness (QED) is 0.575. The van der Waals surface area contributed by atoms with Gasteiger partial charge in [0.2, 0.25) is 9.84 Å². The Hall–Kier alpha value is -2.34. The Labute approximate surface area is 177 Å². The highest BCUT2D eigenvalue weighted by molar-refractivity contribution is 7.95. The number of allylic oxidation sites excluding steroid dienone is 1. The van der Waals surface area contributed by atoms with Crippen LogP contribution in [0.15, 0.2) is 68.8 Å². The molecule has 1 aliphatic rings. The number of para-hydroxylation sites is 1. The standard InChI is InChI=1S/C20H15Cl2N3O3S/c21-14-5-6-16(22)19(9-14)29(26,27)15(10-23)7-13-11-24-25-20(13)18-8-12-3-1-2-4-17(12)28-18/h1-9,13,20,24-25H,11H2/b15-7+. The van der Waals surface area contributed by atoms with Crippen LogP contribution in [0.2, 0.25) is 10.0 Å². The van der Waals surface area contributed by atoms with Crippen molar-refractivity contribution in [2.75, 3.05) is 6.54 Å². The van der Waals surface area contributed by atoms with Gasteiger partial charge >= 0.3 is 0 Å². The van der Waals surface area contributed by atoms with Gasteiger partial charge in [-0.1, -0.05) is 41.4 Å². The normalized spacial score (nSPS) is 20.1. The van der Waals surface area contributed by atoms with Crippen LogP contribution in [0.1, 0.15) is 11.8 Å². The minimum Gasteiger partial charge on any atom is -0.459 e. The van der Waals surface area contributed by atoms with Gasteiger partial charge in [0.25, 0.3) is 0 Å². The van der Waals surface area contributed by atoms with E-state index < -0.39 is 14.7 Å². The fourth-order valence-electron chi connectivity index (χ4n) is 3.29. The van der Waals surface area contributed by atoms with E-state index in [4.69, 9.17) is 27.6 Å².